The lowest BCUT2D eigenvalue weighted by atomic mass is 9.84. The Kier molecular flexibility index (Phi) is 4.24. The van der Waals surface area contributed by atoms with E-state index in [0.717, 1.165) is 6.42 Å². The van der Waals surface area contributed by atoms with Gasteiger partial charge in [-0.15, -0.1) is 5.10 Å². The number of aromatic nitrogens is 4. The van der Waals surface area contributed by atoms with E-state index in [1.807, 2.05) is 27.7 Å². The number of rotatable bonds is 6. The molecule has 1 atom stereocenters. The number of hydrogen-bond donors (Lipinski definition) is 1. The van der Waals surface area contributed by atoms with E-state index >= 15 is 0 Å². The maximum Gasteiger partial charge on any atom is 0.325 e. The van der Waals surface area contributed by atoms with Crippen LogP contribution in [-0.4, -0.2) is 42.6 Å². The minimum absolute atomic E-state index is 0.0237. The van der Waals surface area contributed by atoms with Gasteiger partial charge in [-0.25, -0.2) is 9.48 Å². The number of urea groups is 1. The smallest absolute Gasteiger partial charge is 0.323 e. The van der Waals surface area contributed by atoms with Gasteiger partial charge in [0.05, 0.1) is 6.54 Å². The number of amides is 3. The molecule has 1 N–H and O–H groups in total. The fourth-order valence-corrected chi connectivity index (χ4v) is 2.69. The highest BCUT2D eigenvalue weighted by molar-refractivity contribution is 6.07. The fraction of sp³-hybridized carbons (Fsp3) is 0.769. The Labute approximate surface area is 123 Å². The van der Waals surface area contributed by atoms with Crippen LogP contribution in [0.5, 0.6) is 0 Å². The lowest BCUT2D eigenvalue weighted by molar-refractivity contribution is -0.133. The second-order valence-corrected chi connectivity index (χ2v) is 5.62. The predicted octanol–water partition coefficient (Wildman–Crippen LogP) is 0.940. The van der Waals surface area contributed by atoms with Gasteiger partial charge in [-0.1, -0.05) is 27.7 Å². The van der Waals surface area contributed by atoms with Gasteiger partial charge in [-0.2, -0.15) is 0 Å². The molecule has 0 saturated carbocycles. The van der Waals surface area contributed by atoms with Crippen molar-refractivity contribution in [3.8, 4) is 0 Å². The van der Waals surface area contributed by atoms with E-state index in [-0.39, 0.29) is 24.4 Å². The third-order valence-electron chi connectivity index (χ3n) is 4.09. The first kappa shape index (κ1) is 15.4. The van der Waals surface area contributed by atoms with Gasteiger partial charge < -0.3 is 5.32 Å². The predicted molar refractivity (Wildman–Crippen MR) is 75.0 cm³/mol. The topological polar surface area (TPSA) is 93.0 Å². The molecule has 1 aliphatic heterocycles. The van der Waals surface area contributed by atoms with E-state index in [1.54, 1.807) is 4.68 Å². The zero-order valence-corrected chi connectivity index (χ0v) is 13.0. The van der Waals surface area contributed by atoms with Crippen molar-refractivity contribution in [2.24, 2.45) is 5.92 Å². The lowest BCUT2D eigenvalue weighted by Gasteiger charge is -2.29. The second-order valence-electron chi connectivity index (χ2n) is 5.62. The van der Waals surface area contributed by atoms with Crippen LogP contribution in [0.25, 0.3) is 0 Å². The highest BCUT2D eigenvalue weighted by Gasteiger charge is 2.52. The Bertz CT molecular complexity index is 541. The maximum atomic E-state index is 12.7. The zero-order valence-electron chi connectivity index (χ0n) is 13.0. The Balaban J connectivity index is 2.23. The summed E-state index contributed by atoms with van der Waals surface area (Å²) in [6, 6.07) is -0.374. The van der Waals surface area contributed by atoms with E-state index in [4.69, 9.17) is 0 Å². The van der Waals surface area contributed by atoms with Crippen molar-refractivity contribution in [3.05, 3.63) is 5.82 Å². The molecule has 1 aliphatic rings. The molecule has 8 heteroatoms. The number of hydrogen-bond acceptors (Lipinski definition) is 5. The summed E-state index contributed by atoms with van der Waals surface area (Å²) in [4.78, 5) is 26.1. The van der Waals surface area contributed by atoms with Crippen molar-refractivity contribution < 1.29 is 9.59 Å². The number of tetrazole rings is 1. The summed E-state index contributed by atoms with van der Waals surface area (Å²) >= 11 is 0. The molecule has 1 fully saturated rings. The molecule has 0 aliphatic carbocycles. The lowest BCUT2D eigenvalue weighted by Crippen LogP contribution is -2.50. The molecule has 0 spiro atoms. The maximum absolute atomic E-state index is 12.7. The quantitative estimate of drug-likeness (QED) is 0.788. The summed E-state index contributed by atoms with van der Waals surface area (Å²) in [6.07, 6.45) is 1.44. The first-order valence-corrected chi connectivity index (χ1v) is 7.35. The highest BCUT2D eigenvalue weighted by Crippen LogP contribution is 2.29. The van der Waals surface area contributed by atoms with Crippen LogP contribution in [0.3, 0.4) is 0 Å². The van der Waals surface area contributed by atoms with Crippen LogP contribution in [0, 0.1) is 5.92 Å². The summed E-state index contributed by atoms with van der Waals surface area (Å²) in [5.74, 6) is 0.350. The molecular weight excluding hydrogens is 272 g/mol. The second kappa shape index (κ2) is 5.79. The van der Waals surface area contributed by atoms with Crippen molar-refractivity contribution in [2.75, 3.05) is 0 Å². The Morgan fingerprint density at radius 2 is 2.00 bits per heavy atom. The summed E-state index contributed by atoms with van der Waals surface area (Å²) < 4.78 is 1.63. The molecule has 0 aromatic carbocycles. The molecule has 1 aromatic rings. The number of aryl methyl sites for hydroxylation is 1. The van der Waals surface area contributed by atoms with Crippen molar-refractivity contribution in [1.82, 2.24) is 30.4 Å². The average Bonchev–Trinajstić information content (AvgIpc) is 2.97. The molecule has 0 unspecified atom stereocenters. The van der Waals surface area contributed by atoms with E-state index in [9.17, 15) is 9.59 Å². The molecule has 116 valence electrons. The van der Waals surface area contributed by atoms with Gasteiger partial charge >= 0.3 is 6.03 Å². The molecule has 0 bridgehead atoms. The molecule has 2 heterocycles. The molecule has 1 saturated heterocycles. The first-order chi connectivity index (χ1) is 9.96. The average molecular weight is 294 g/mol. The van der Waals surface area contributed by atoms with Gasteiger partial charge in [-0.3, -0.25) is 9.69 Å². The van der Waals surface area contributed by atoms with Crippen LogP contribution in [0.4, 0.5) is 4.79 Å². The van der Waals surface area contributed by atoms with E-state index in [0.29, 0.717) is 18.8 Å². The Morgan fingerprint density at radius 1 is 1.29 bits per heavy atom. The van der Waals surface area contributed by atoms with Crippen LogP contribution >= 0.6 is 0 Å². The fourth-order valence-electron chi connectivity index (χ4n) is 2.69. The van der Waals surface area contributed by atoms with Crippen molar-refractivity contribution >= 4 is 11.9 Å². The van der Waals surface area contributed by atoms with Gasteiger partial charge in [0.25, 0.3) is 5.91 Å². The van der Waals surface area contributed by atoms with Crippen molar-refractivity contribution in [1.29, 1.82) is 0 Å². The van der Waals surface area contributed by atoms with Crippen molar-refractivity contribution in [3.63, 3.8) is 0 Å². The van der Waals surface area contributed by atoms with Crippen LogP contribution in [0.2, 0.25) is 0 Å². The van der Waals surface area contributed by atoms with Crippen LogP contribution < -0.4 is 5.32 Å². The van der Waals surface area contributed by atoms with Gasteiger partial charge in [0, 0.05) is 6.54 Å². The van der Waals surface area contributed by atoms with Crippen molar-refractivity contribution in [2.45, 2.75) is 59.2 Å². The Hall–Kier alpha value is -1.99. The minimum Gasteiger partial charge on any atom is -0.323 e. The Morgan fingerprint density at radius 3 is 2.52 bits per heavy atom. The van der Waals surface area contributed by atoms with Crippen LogP contribution in [0.1, 0.15) is 46.4 Å². The number of carbonyl (C=O) groups is 2. The molecular formula is C13H22N6O2. The molecule has 1 aromatic heterocycles. The van der Waals surface area contributed by atoms with Gasteiger partial charge in [0.2, 0.25) is 0 Å². The highest BCUT2D eigenvalue weighted by atomic mass is 16.2. The molecule has 21 heavy (non-hydrogen) atoms. The molecule has 0 radical (unpaired) electrons. The van der Waals surface area contributed by atoms with Gasteiger partial charge in [0.1, 0.15) is 5.54 Å². The summed E-state index contributed by atoms with van der Waals surface area (Å²) in [6.45, 7) is 8.56. The summed E-state index contributed by atoms with van der Waals surface area (Å²) in [7, 11) is 0. The minimum atomic E-state index is -0.819. The third kappa shape index (κ3) is 2.50. The van der Waals surface area contributed by atoms with E-state index < -0.39 is 5.54 Å². The van der Waals surface area contributed by atoms with Crippen LogP contribution in [-0.2, 0) is 17.9 Å². The number of nitrogens with one attached hydrogen (secondary N) is 1. The first-order valence-electron chi connectivity index (χ1n) is 7.35. The van der Waals surface area contributed by atoms with Gasteiger partial charge in [0.15, 0.2) is 5.82 Å². The SMILES string of the molecule is CCCn1nnnc1CN1C(=O)N[C@](CC)(C(C)C)C1=O. The number of nitrogens with zero attached hydrogens (tertiary/aromatic N) is 5. The summed E-state index contributed by atoms with van der Waals surface area (Å²) in [5.41, 5.74) is -0.819. The molecule has 8 nitrogen and oxygen atoms in total. The molecule has 2 rings (SSSR count). The largest absolute Gasteiger partial charge is 0.325 e. The van der Waals surface area contributed by atoms with Crippen LogP contribution in [0.15, 0.2) is 0 Å². The number of carbonyl (C=O) groups excluding carboxylic acids is 2. The van der Waals surface area contributed by atoms with E-state index in [2.05, 4.69) is 20.8 Å². The monoisotopic (exact) mass is 294 g/mol. The number of imide groups is 1. The standard InChI is InChI=1S/C13H22N6O2/c1-5-7-19-10(15-16-17-19)8-18-11(20)13(6-2,9(3)4)14-12(18)21/h9H,5-8H2,1-4H3,(H,14,21)/t13-/m1/s1. The third-order valence-corrected chi connectivity index (χ3v) is 4.09. The van der Waals surface area contributed by atoms with E-state index in [1.165, 1.54) is 4.90 Å². The molecule has 3 amide bonds. The van der Waals surface area contributed by atoms with Gasteiger partial charge in [-0.05, 0) is 29.2 Å². The summed E-state index contributed by atoms with van der Waals surface area (Å²) in [5, 5.41) is 14.2. The zero-order chi connectivity index (χ0) is 15.6. The normalized spacial score (nSPS) is 22.2.